The number of pyridine rings is 1. The number of hydrogen-bond acceptors (Lipinski definition) is 5. The molecule has 1 fully saturated rings. The van der Waals surface area contributed by atoms with Crippen molar-refractivity contribution in [3.05, 3.63) is 94.2 Å². The van der Waals surface area contributed by atoms with Gasteiger partial charge in [-0.1, -0.05) is 12.1 Å². The molecule has 1 N–H and O–H groups in total. The van der Waals surface area contributed by atoms with Crippen LogP contribution in [0.3, 0.4) is 0 Å². The number of rotatable bonds is 7. The van der Waals surface area contributed by atoms with Crippen molar-refractivity contribution in [3.8, 4) is 5.69 Å². The molecule has 0 unspecified atom stereocenters. The number of hydrogen-bond donors (Lipinski definition) is 1. The molecule has 2 heterocycles. The summed E-state index contributed by atoms with van der Waals surface area (Å²) in [7, 11) is 1.49. The fourth-order valence-corrected chi connectivity index (χ4v) is 5.35. The number of fused-ring (bicyclic) bond motifs is 1. The van der Waals surface area contributed by atoms with Gasteiger partial charge in [0.25, 0.3) is 11.1 Å². The molecule has 4 aromatic rings. The average molecular weight is 642 g/mol. The van der Waals surface area contributed by atoms with Crippen molar-refractivity contribution in [3.63, 3.8) is 0 Å². The fourth-order valence-electron chi connectivity index (χ4n) is 4.89. The Bertz CT molecular complexity index is 1830. The molecule has 0 saturated heterocycles. The molecule has 0 bridgehead atoms. The lowest BCUT2D eigenvalue weighted by Gasteiger charge is -2.22. The van der Waals surface area contributed by atoms with E-state index in [4.69, 9.17) is 0 Å². The lowest BCUT2D eigenvalue weighted by Crippen LogP contribution is -2.42. The van der Waals surface area contributed by atoms with Crippen LogP contribution in [0.15, 0.2) is 56.8 Å². The third-order valence-electron chi connectivity index (χ3n) is 7.14. The SMILES string of the molecule is Cc1c(=O)n(C)c(Nc2ccc(I)cc2F)c2c(=O)n(C(C)C)c(=O)n(-c3cccc(C(=O)CC4CC4)c3)c12. The van der Waals surface area contributed by atoms with E-state index in [1.54, 1.807) is 51.1 Å². The molecule has 0 aliphatic heterocycles. The van der Waals surface area contributed by atoms with E-state index in [0.29, 0.717) is 27.2 Å². The largest absolute Gasteiger partial charge is 0.338 e. The predicted octanol–water partition coefficient (Wildman–Crippen LogP) is 5.21. The molecular formula is C29H28FIN4O4. The second-order valence-corrected chi connectivity index (χ2v) is 11.6. The number of nitrogens with zero attached hydrogens (tertiary/aromatic N) is 3. The molecule has 39 heavy (non-hydrogen) atoms. The van der Waals surface area contributed by atoms with Crippen LogP contribution >= 0.6 is 22.6 Å². The van der Waals surface area contributed by atoms with Crippen LogP contribution in [0.25, 0.3) is 16.6 Å². The zero-order chi connectivity index (χ0) is 28.2. The van der Waals surface area contributed by atoms with E-state index in [1.165, 1.54) is 28.3 Å². The first-order valence-corrected chi connectivity index (χ1v) is 13.8. The number of aryl methyl sites for hydroxylation is 1. The third-order valence-corrected chi connectivity index (χ3v) is 7.81. The van der Waals surface area contributed by atoms with Crippen LogP contribution in [0.5, 0.6) is 0 Å². The Labute approximate surface area is 237 Å². The molecule has 1 aliphatic rings. The van der Waals surface area contributed by atoms with E-state index in [2.05, 4.69) is 5.32 Å². The summed E-state index contributed by atoms with van der Waals surface area (Å²) in [4.78, 5) is 54.1. The summed E-state index contributed by atoms with van der Waals surface area (Å²) in [6.45, 7) is 4.99. The van der Waals surface area contributed by atoms with Gasteiger partial charge in [-0.25, -0.2) is 9.18 Å². The lowest BCUT2D eigenvalue weighted by molar-refractivity contribution is 0.0976. The molecule has 10 heteroatoms. The Morgan fingerprint density at radius 1 is 1.10 bits per heavy atom. The monoisotopic (exact) mass is 642 g/mol. The maximum absolute atomic E-state index is 14.9. The van der Waals surface area contributed by atoms with E-state index in [-0.39, 0.29) is 33.8 Å². The summed E-state index contributed by atoms with van der Waals surface area (Å²) in [5.41, 5.74) is -0.480. The maximum atomic E-state index is 14.9. The van der Waals surface area contributed by atoms with Crippen LogP contribution < -0.4 is 22.1 Å². The number of nitrogens with one attached hydrogen (secondary N) is 1. The summed E-state index contributed by atoms with van der Waals surface area (Å²) >= 11 is 1.99. The highest BCUT2D eigenvalue weighted by atomic mass is 127. The first kappa shape index (κ1) is 27.0. The van der Waals surface area contributed by atoms with Crippen LogP contribution in [-0.4, -0.2) is 19.5 Å². The first-order chi connectivity index (χ1) is 18.5. The molecule has 0 radical (unpaired) electrons. The molecule has 2 aromatic carbocycles. The minimum atomic E-state index is -0.628. The fraction of sp³-hybridized carbons (Fsp3) is 0.310. The van der Waals surface area contributed by atoms with Crippen LogP contribution in [0.4, 0.5) is 15.9 Å². The second-order valence-electron chi connectivity index (χ2n) is 10.3. The van der Waals surface area contributed by atoms with Gasteiger partial charge in [0.05, 0.1) is 16.9 Å². The van der Waals surface area contributed by atoms with Crippen molar-refractivity contribution >= 4 is 50.8 Å². The number of anilines is 2. The summed E-state index contributed by atoms with van der Waals surface area (Å²) < 4.78 is 19.2. The van der Waals surface area contributed by atoms with Crippen LogP contribution in [-0.2, 0) is 7.05 Å². The topological polar surface area (TPSA) is 95.1 Å². The molecule has 0 atom stereocenters. The van der Waals surface area contributed by atoms with E-state index >= 15 is 0 Å². The zero-order valence-corrected chi connectivity index (χ0v) is 24.2. The Morgan fingerprint density at radius 3 is 2.46 bits per heavy atom. The number of Topliss-reactive ketones (excluding diaryl/α,β-unsaturated/α-hetero) is 1. The Kier molecular flexibility index (Phi) is 7.08. The molecule has 2 aromatic heterocycles. The Morgan fingerprint density at radius 2 is 1.82 bits per heavy atom. The number of ketones is 1. The number of carbonyl (C=O) groups is 1. The molecular weight excluding hydrogens is 614 g/mol. The van der Waals surface area contributed by atoms with Gasteiger partial charge >= 0.3 is 5.69 Å². The minimum absolute atomic E-state index is 0.0157. The van der Waals surface area contributed by atoms with Gasteiger partial charge < -0.3 is 5.32 Å². The quantitative estimate of drug-likeness (QED) is 0.221. The normalized spacial score (nSPS) is 13.3. The van der Waals surface area contributed by atoms with Crippen molar-refractivity contribution in [1.29, 1.82) is 0 Å². The second kappa shape index (κ2) is 10.2. The van der Waals surface area contributed by atoms with Gasteiger partial charge in [0.15, 0.2) is 5.78 Å². The summed E-state index contributed by atoms with van der Waals surface area (Å²) in [5.74, 6) is -0.108. The molecule has 8 nitrogen and oxygen atoms in total. The smallest absolute Gasteiger partial charge is 0.336 e. The van der Waals surface area contributed by atoms with Crippen LogP contribution in [0.1, 0.15) is 55.1 Å². The van der Waals surface area contributed by atoms with Gasteiger partial charge in [0.1, 0.15) is 17.0 Å². The van der Waals surface area contributed by atoms with E-state index in [1.807, 2.05) is 22.6 Å². The van der Waals surface area contributed by atoms with Crippen molar-refractivity contribution in [1.82, 2.24) is 13.7 Å². The van der Waals surface area contributed by atoms with Crippen molar-refractivity contribution in [2.75, 3.05) is 5.32 Å². The van der Waals surface area contributed by atoms with Gasteiger partial charge in [-0.15, -0.1) is 0 Å². The highest BCUT2D eigenvalue weighted by Gasteiger charge is 2.27. The van der Waals surface area contributed by atoms with Crippen LogP contribution in [0.2, 0.25) is 0 Å². The molecule has 1 aliphatic carbocycles. The predicted molar refractivity (Wildman–Crippen MR) is 158 cm³/mol. The lowest BCUT2D eigenvalue weighted by atomic mass is 10.0. The summed E-state index contributed by atoms with van der Waals surface area (Å²) in [6.07, 6.45) is 2.52. The number of aromatic nitrogens is 3. The van der Waals surface area contributed by atoms with Crippen molar-refractivity contribution in [2.24, 2.45) is 13.0 Å². The molecule has 202 valence electrons. The van der Waals surface area contributed by atoms with E-state index < -0.39 is 28.7 Å². The highest BCUT2D eigenvalue weighted by Crippen LogP contribution is 2.34. The number of halogens is 2. The van der Waals surface area contributed by atoms with Gasteiger partial charge in [-0.05, 0) is 92.5 Å². The summed E-state index contributed by atoms with van der Waals surface area (Å²) in [5, 5.41) is 3.01. The molecule has 1 saturated carbocycles. The van der Waals surface area contributed by atoms with Gasteiger partial charge in [-0.2, -0.15) is 0 Å². The minimum Gasteiger partial charge on any atom is -0.338 e. The van der Waals surface area contributed by atoms with Gasteiger partial charge in [-0.3, -0.25) is 28.1 Å². The zero-order valence-electron chi connectivity index (χ0n) is 22.0. The average Bonchev–Trinajstić information content (AvgIpc) is 3.70. The molecule has 0 amide bonds. The summed E-state index contributed by atoms with van der Waals surface area (Å²) in [6, 6.07) is 10.8. The molecule has 0 spiro atoms. The van der Waals surface area contributed by atoms with Gasteiger partial charge in [0, 0.05) is 34.2 Å². The van der Waals surface area contributed by atoms with Crippen molar-refractivity contribution < 1.29 is 9.18 Å². The Balaban J connectivity index is 1.86. The molecule has 5 rings (SSSR count). The number of carbonyl (C=O) groups excluding carboxylic acids is 1. The van der Waals surface area contributed by atoms with Crippen LogP contribution in [0, 0.1) is 22.2 Å². The maximum Gasteiger partial charge on any atom is 0.336 e. The van der Waals surface area contributed by atoms with Crippen molar-refractivity contribution in [2.45, 2.75) is 46.1 Å². The third kappa shape index (κ3) is 4.86. The number of benzene rings is 2. The Hall–Kier alpha value is -3.54. The highest BCUT2D eigenvalue weighted by molar-refractivity contribution is 14.1. The van der Waals surface area contributed by atoms with E-state index in [0.717, 1.165) is 17.4 Å². The van der Waals surface area contributed by atoms with E-state index in [9.17, 15) is 23.6 Å². The van der Waals surface area contributed by atoms with Gasteiger partial charge in [0.2, 0.25) is 0 Å². The first-order valence-electron chi connectivity index (χ1n) is 12.8. The standard InChI is InChI=1S/C29H28FIN4O4/c1-15(2)34-28(38)24-25(16(3)27(37)33(4)26(24)32-22-11-10-19(31)14-21(22)30)35(29(34)39)20-7-5-6-18(13-20)23(36)12-17-8-9-17/h5-7,10-11,13-15,17,32H,8-9,12H2,1-4H3.